The number of H-pyrrole nitrogens is 1. The van der Waals surface area contributed by atoms with E-state index in [2.05, 4.69) is 4.98 Å². The van der Waals surface area contributed by atoms with Crippen molar-refractivity contribution in [1.29, 1.82) is 0 Å². The fourth-order valence-corrected chi connectivity index (χ4v) is 2.70. The van der Waals surface area contributed by atoms with Crippen molar-refractivity contribution in [2.24, 2.45) is 5.41 Å². The third-order valence-corrected chi connectivity index (χ3v) is 4.05. The molecule has 0 fully saturated rings. The molecule has 2 aromatic rings. The minimum absolute atomic E-state index is 0.0428. The van der Waals surface area contributed by atoms with Gasteiger partial charge < -0.3 is 15.2 Å². The summed E-state index contributed by atoms with van der Waals surface area (Å²) in [6, 6.07) is 9.53. The number of benzene rings is 1. The van der Waals surface area contributed by atoms with E-state index in [4.69, 9.17) is 0 Å². The summed E-state index contributed by atoms with van der Waals surface area (Å²) in [5.74, 6) is -2.12. The summed E-state index contributed by atoms with van der Waals surface area (Å²) in [6.07, 6.45) is 3.10. The van der Waals surface area contributed by atoms with E-state index in [0.29, 0.717) is 11.3 Å². The van der Waals surface area contributed by atoms with E-state index >= 15 is 0 Å². The Bertz CT molecular complexity index is 810. The minimum atomic E-state index is -1.19. The van der Waals surface area contributed by atoms with Gasteiger partial charge in [0.1, 0.15) is 0 Å². The van der Waals surface area contributed by atoms with Crippen molar-refractivity contribution in [2.75, 3.05) is 0 Å². The Hall–Kier alpha value is -2.82. The number of para-hydroxylation sites is 1. The molecule has 0 radical (unpaired) electrons. The van der Waals surface area contributed by atoms with Crippen molar-refractivity contribution in [3.63, 3.8) is 0 Å². The lowest BCUT2D eigenvalue weighted by Crippen LogP contribution is -2.29. The number of hydrogen-bond donors (Lipinski definition) is 3. The highest BCUT2D eigenvalue weighted by Gasteiger charge is 2.37. The zero-order valence-electron chi connectivity index (χ0n) is 12.0. The van der Waals surface area contributed by atoms with Crippen LogP contribution in [-0.2, 0) is 9.59 Å². The van der Waals surface area contributed by atoms with Gasteiger partial charge in [0, 0.05) is 27.7 Å². The van der Waals surface area contributed by atoms with Crippen LogP contribution in [-0.4, -0.2) is 27.1 Å². The van der Waals surface area contributed by atoms with Gasteiger partial charge in [-0.2, -0.15) is 0 Å². The normalized spacial score (nSPS) is 21.3. The molecule has 1 aliphatic carbocycles. The highest BCUT2D eigenvalue weighted by molar-refractivity contribution is 6.02. The van der Waals surface area contributed by atoms with Crippen LogP contribution in [0.2, 0.25) is 0 Å². The molecule has 3 rings (SSSR count). The van der Waals surface area contributed by atoms with Crippen molar-refractivity contribution < 1.29 is 19.8 Å². The smallest absolute Gasteiger partial charge is 0.332 e. The first-order chi connectivity index (χ1) is 10.4. The second kappa shape index (κ2) is 4.87. The van der Waals surface area contributed by atoms with Crippen LogP contribution in [0, 0.1) is 5.41 Å². The van der Waals surface area contributed by atoms with Crippen LogP contribution in [0.3, 0.4) is 0 Å². The second-order valence-electron chi connectivity index (χ2n) is 5.70. The summed E-state index contributed by atoms with van der Waals surface area (Å²) in [7, 11) is 0. The topological polar surface area (TPSA) is 90.4 Å². The van der Waals surface area contributed by atoms with Gasteiger partial charge in [0.2, 0.25) is 0 Å². The SMILES string of the molecule is CC1(C(=O)O)C=CC(c2cc3ccccc3[nH]2)=C(C(=O)O)C1. The number of aromatic amines is 1. The molecular weight excluding hydrogens is 282 g/mol. The maximum absolute atomic E-state index is 11.6. The van der Waals surface area contributed by atoms with E-state index in [0.717, 1.165) is 10.9 Å². The standard InChI is InChI=1S/C17H15NO4/c1-17(16(21)22)7-6-11(12(9-17)15(19)20)14-8-10-4-2-3-5-13(10)18-14/h2-8,18H,9H2,1H3,(H,19,20)(H,21,22). The lowest BCUT2D eigenvalue weighted by molar-refractivity contribution is -0.145. The zero-order chi connectivity index (χ0) is 15.9. The number of allylic oxidation sites excluding steroid dienone is 2. The molecule has 3 N–H and O–H groups in total. The summed E-state index contributed by atoms with van der Waals surface area (Å²) in [5, 5.41) is 19.7. The van der Waals surface area contributed by atoms with Gasteiger partial charge in [0.15, 0.2) is 0 Å². The van der Waals surface area contributed by atoms with Crippen LogP contribution in [0.15, 0.2) is 48.1 Å². The Labute approximate surface area is 126 Å². The molecule has 0 spiro atoms. The van der Waals surface area contributed by atoms with Crippen molar-refractivity contribution in [1.82, 2.24) is 4.98 Å². The number of hydrogen-bond acceptors (Lipinski definition) is 2. The predicted molar refractivity (Wildman–Crippen MR) is 82.4 cm³/mol. The third-order valence-electron chi connectivity index (χ3n) is 4.05. The van der Waals surface area contributed by atoms with Gasteiger partial charge in [-0.05, 0) is 25.5 Å². The Morgan fingerprint density at radius 2 is 1.95 bits per heavy atom. The number of nitrogens with one attached hydrogen (secondary N) is 1. The summed E-state index contributed by atoms with van der Waals surface area (Å²) in [6.45, 7) is 1.52. The molecule has 0 saturated carbocycles. The second-order valence-corrected chi connectivity index (χ2v) is 5.70. The number of aliphatic carboxylic acids is 2. The van der Waals surface area contributed by atoms with Crippen LogP contribution in [0.5, 0.6) is 0 Å². The molecule has 1 aromatic carbocycles. The van der Waals surface area contributed by atoms with Gasteiger partial charge in [-0.3, -0.25) is 4.79 Å². The van der Waals surface area contributed by atoms with Crippen LogP contribution in [0.25, 0.3) is 16.5 Å². The van der Waals surface area contributed by atoms with E-state index < -0.39 is 17.4 Å². The van der Waals surface area contributed by atoms with Gasteiger partial charge in [0.25, 0.3) is 0 Å². The Kier molecular flexibility index (Phi) is 3.13. The molecular formula is C17H15NO4. The third kappa shape index (κ3) is 2.20. The van der Waals surface area contributed by atoms with Gasteiger partial charge in [-0.15, -0.1) is 0 Å². The van der Waals surface area contributed by atoms with E-state index in [-0.39, 0.29) is 12.0 Å². The predicted octanol–water partition coefficient (Wildman–Crippen LogP) is 3.06. The van der Waals surface area contributed by atoms with Crippen LogP contribution < -0.4 is 0 Å². The van der Waals surface area contributed by atoms with E-state index in [9.17, 15) is 19.8 Å². The quantitative estimate of drug-likeness (QED) is 0.812. The van der Waals surface area contributed by atoms with Crippen LogP contribution in [0.4, 0.5) is 0 Å². The highest BCUT2D eigenvalue weighted by atomic mass is 16.4. The zero-order valence-corrected chi connectivity index (χ0v) is 12.0. The first-order valence-electron chi connectivity index (χ1n) is 6.88. The molecule has 1 heterocycles. The number of carboxylic acids is 2. The number of aromatic nitrogens is 1. The van der Waals surface area contributed by atoms with Crippen LogP contribution in [0.1, 0.15) is 19.0 Å². The molecule has 1 unspecified atom stereocenters. The fourth-order valence-electron chi connectivity index (χ4n) is 2.70. The number of fused-ring (bicyclic) bond motifs is 1. The Morgan fingerprint density at radius 1 is 1.23 bits per heavy atom. The maximum atomic E-state index is 11.6. The summed E-state index contributed by atoms with van der Waals surface area (Å²) in [5.41, 5.74) is 1.04. The average Bonchev–Trinajstić information content (AvgIpc) is 2.90. The van der Waals surface area contributed by atoms with Gasteiger partial charge in [0.05, 0.1) is 5.41 Å². The number of carbonyl (C=O) groups is 2. The Morgan fingerprint density at radius 3 is 2.59 bits per heavy atom. The van der Waals surface area contributed by atoms with Gasteiger partial charge >= 0.3 is 11.9 Å². The lowest BCUT2D eigenvalue weighted by atomic mass is 9.77. The van der Waals surface area contributed by atoms with E-state index in [1.54, 1.807) is 12.2 Å². The summed E-state index contributed by atoms with van der Waals surface area (Å²) < 4.78 is 0. The van der Waals surface area contributed by atoms with Crippen molar-refractivity contribution in [3.8, 4) is 0 Å². The molecule has 0 saturated heterocycles. The molecule has 0 aliphatic heterocycles. The van der Waals surface area contributed by atoms with Crippen molar-refractivity contribution >= 4 is 28.4 Å². The number of rotatable bonds is 3. The molecule has 5 heteroatoms. The van der Waals surface area contributed by atoms with Crippen molar-refractivity contribution in [3.05, 3.63) is 53.8 Å². The molecule has 0 amide bonds. The lowest BCUT2D eigenvalue weighted by Gasteiger charge is -2.26. The average molecular weight is 297 g/mol. The summed E-state index contributed by atoms with van der Waals surface area (Å²) in [4.78, 5) is 26.1. The minimum Gasteiger partial charge on any atom is -0.481 e. The molecule has 1 aliphatic rings. The maximum Gasteiger partial charge on any atom is 0.332 e. The van der Waals surface area contributed by atoms with E-state index in [1.807, 2.05) is 30.3 Å². The van der Waals surface area contributed by atoms with Crippen LogP contribution >= 0.6 is 0 Å². The highest BCUT2D eigenvalue weighted by Crippen LogP contribution is 2.38. The monoisotopic (exact) mass is 297 g/mol. The summed E-state index contributed by atoms with van der Waals surface area (Å²) >= 11 is 0. The first kappa shape index (κ1) is 14.1. The molecule has 112 valence electrons. The number of carboxylic acid groups (broad SMARTS) is 2. The fraction of sp³-hybridized carbons (Fsp3) is 0.176. The molecule has 5 nitrogen and oxygen atoms in total. The van der Waals surface area contributed by atoms with Crippen molar-refractivity contribution in [2.45, 2.75) is 13.3 Å². The van der Waals surface area contributed by atoms with E-state index in [1.165, 1.54) is 6.92 Å². The van der Waals surface area contributed by atoms with Gasteiger partial charge in [-0.1, -0.05) is 30.4 Å². The first-order valence-corrected chi connectivity index (χ1v) is 6.88. The molecule has 1 aromatic heterocycles. The largest absolute Gasteiger partial charge is 0.481 e. The molecule has 22 heavy (non-hydrogen) atoms. The molecule has 0 bridgehead atoms. The molecule has 1 atom stereocenters. The van der Waals surface area contributed by atoms with Gasteiger partial charge in [-0.25, -0.2) is 4.79 Å². The Balaban J connectivity index is 2.13.